The first-order chi connectivity index (χ1) is 14.4. The molecule has 1 heterocycles. The van der Waals surface area contributed by atoms with E-state index in [4.69, 9.17) is 9.47 Å². The molecule has 1 unspecified atom stereocenters. The van der Waals surface area contributed by atoms with Crippen LogP contribution in [0.15, 0.2) is 54.6 Å². The molecule has 3 rings (SSSR count). The largest absolute Gasteiger partial charge is 0.617 e. The quantitative estimate of drug-likeness (QED) is 0.342. The number of ether oxygens (including phenoxy) is 2. The molecule has 0 spiro atoms. The number of pyridine rings is 1. The van der Waals surface area contributed by atoms with E-state index in [1.165, 1.54) is 5.56 Å². The molecule has 1 atom stereocenters. The summed E-state index contributed by atoms with van der Waals surface area (Å²) >= 11 is -0.789. The van der Waals surface area contributed by atoms with Crippen LogP contribution in [0.1, 0.15) is 28.8 Å². The fourth-order valence-corrected chi connectivity index (χ4v) is 3.96. The van der Waals surface area contributed by atoms with Gasteiger partial charge in [0.1, 0.15) is 18.1 Å². The summed E-state index contributed by atoms with van der Waals surface area (Å²) in [6.07, 6.45) is 2.47. The van der Waals surface area contributed by atoms with E-state index < -0.39 is 11.2 Å². The van der Waals surface area contributed by atoms with Crippen LogP contribution in [0, 0.1) is 20.8 Å². The molecule has 0 aliphatic heterocycles. The van der Waals surface area contributed by atoms with Crippen LogP contribution >= 0.6 is 0 Å². The topological polar surface area (TPSA) is 54.4 Å². The lowest BCUT2D eigenvalue weighted by Crippen LogP contribution is -2.09. The van der Waals surface area contributed by atoms with Gasteiger partial charge in [0.15, 0.2) is 0 Å². The summed E-state index contributed by atoms with van der Waals surface area (Å²) in [5, 5.41) is 0. The van der Waals surface area contributed by atoms with E-state index in [1.54, 1.807) is 6.26 Å². The lowest BCUT2D eigenvalue weighted by Gasteiger charge is -2.14. The van der Waals surface area contributed by atoms with E-state index in [-0.39, 0.29) is 0 Å². The van der Waals surface area contributed by atoms with E-state index in [9.17, 15) is 4.55 Å². The van der Waals surface area contributed by atoms with Crippen molar-refractivity contribution in [1.82, 2.24) is 4.98 Å². The Morgan fingerprint density at radius 2 is 1.77 bits per heavy atom. The van der Waals surface area contributed by atoms with Gasteiger partial charge in [-0.15, -0.1) is 0 Å². The van der Waals surface area contributed by atoms with Crippen molar-refractivity contribution in [3.8, 4) is 22.8 Å². The van der Waals surface area contributed by atoms with Crippen molar-refractivity contribution < 1.29 is 14.0 Å². The predicted octanol–water partition coefficient (Wildman–Crippen LogP) is 5.40. The highest BCUT2D eigenvalue weighted by molar-refractivity contribution is 7.90. The second-order valence-electron chi connectivity index (χ2n) is 7.52. The summed E-state index contributed by atoms with van der Waals surface area (Å²) in [5.74, 6) is 2.14. The molecule has 2 aromatic carbocycles. The van der Waals surface area contributed by atoms with Gasteiger partial charge in [-0.2, -0.15) is 0 Å². The van der Waals surface area contributed by atoms with Gasteiger partial charge in [-0.05, 0) is 61.2 Å². The Labute approximate surface area is 182 Å². The Bertz CT molecular complexity index is 965. The second kappa shape index (κ2) is 10.5. The standard InChI is InChI=1S/C25H29NO3S/c1-18-8-5-11-23(14-18)29-17-21-9-6-10-22(16-21)25-19(2)15-24(26-20(25)3)28-12-7-13-30(4)27/h5-6,8-11,14-16H,7,12-13,17H2,1-4H3. The maximum atomic E-state index is 11.2. The summed E-state index contributed by atoms with van der Waals surface area (Å²) in [7, 11) is 0. The first-order valence-electron chi connectivity index (χ1n) is 10.1. The van der Waals surface area contributed by atoms with Gasteiger partial charge in [-0.3, -0.25) is 0 Å². The van der Waals surface area contributed by atoms with Crippen LogP contribution in [0.2, 0.25) is 0 Å². The third kappa shape index (κ3) is 6.25. The van der Waals surface area contributed by atoms with Crippen molar-refractivity contribution in [2.45, 2.75) is 33.8 Å². The Morgan fingerprint density at radius 1 is 0.967 bits per heavy atom. The maximum absolute atomic E-state index is 11.2. The Balaban J connectivity index is 1.71. The minimum absolute atomic E-state index is 0.517. The highest BCUT2D eigenvalue weighted by atomic mass is 32.2. The molecule has 0 aliphatic carbocycles. The average molecular weight is 424 g/mol. The SMILES string of the molecule is Cc1cccc(OCc2cccc(-c3c(C)cc(OCCC[S+](C)[O-])nc3C)c2)c1. The van der Waals surface area contributed by atoms with Gasteiger partial charge in [0.05, 0.1) is 12.9 Å². The summed E-state index contributed by atoms with van der Waals surface area (Å²) < 4.78 is 22.9. The lowest BCUT2D eigenvalue weighted by atomic mass is 9.98. The molecule has 4 nitrogen and oxygen atoms in total. The molecule has 158 valence electrons. The highest BCUT2D eigenvalue weighted by Gasteiger charge is 2.11. The van der Waals surface area contributed by atoms with Gasteiger partial charge in [-0.1, -0.05) is 41.5 Å². The number of hydrogen-bond donors (Lipinski definition) is 0. The van der Waals surface area contributed by atoms with E-state index in [0.717, 1.165) is 40.1 Å². The van der Waals surface area contributed by atoms with E-state index in [0.29, 0.717) is 24.8 Å². The minimum Gasteiger partial charge on any atom is -0.617 e. The average Bonchev–Trinajstić information content (AvgIpc) is 2.69. The van der Waals surface area contributed by atoms with Crippen molar-refractivity contribution >= 4 is 11.2 Å². The first kappa shape index (κ1) is 22.2. The van der Waals surface area contributed by atoms with Gasteiger partial charge in [-0.25, -0.2) is 4.98 Å². The van der Waals surface area contributed by atoms with Gasteiger partial charge < -0.3 is 14.0 Å². The van der Waals surface area contributed by atoms with Gasteiger partial charge >= 0.3 is 0 Å². The summed E-state index contributed by atoms with van der Waals surface area (Å²) in [4.78, 5) is 4.63. The summed E-state index contributed by atoms with van der Waals surface area (Å²) in [6, 6.07) is 18.4. The predicted molar refractivity (Wildman–Crippen MR) is 124 cm³/mol. The molecule has 1 aromatic heterocycles. The van der Waals surface area contributed by atoms with Crippen LogP contribution in [0.5, 0.6) is 11.6 Å². The summed E-state index contributed by atoms with van der Waals surface area (Å²) in [5.41, 5.74) is 6.59. The van der Waals surface area contributed by atoms with Crippen LogP contribution in [0.25, 0.3) is 11.1 Å². The normalized spacial score (nSPS) is 11.9. The van der Waals surface area contributed by atoms with Crippen LogP contribution in [0.4, 0.5) is 0 Å². The number of rotatable bonds is 9. The number of aromatic nitrogens is 1. The van der Waals surface area contributed by atoms with Crippen molar-refractivity contribution in [3.05, 3.63) is 77.0 Å². The smallest absolute Gasteiger partial charge is 0.213 e. The highest BCUT2D eigenvalue weighted by Crippen LogP contribution is 2.29. The zero-order valence-corrected chi connectivity index (χ0v) is 18.9. The molecule has 0 saturated carbocycles. The van der Waals surface area contributed by atoms with Crippen molar-refractivity contribution in [3.63, 3.8) is 0 Å². The van der Waals surface area contributed by atoms with Crippen LogP contribution < -0.4 is 9.47 Å². The molecule has 0 N–H and O–H groups in total. The van der Waals surface area contributed by atoms with Crippen LogP contribution in [0.3, 0.4) is 0 Å². The third-order valence-corrected chi connectivity index (χ3v) is 5.67. The molecule has 0 saturated heterocycles. The number of benzene rings is 2. The Hall–Kier alpha value is -2.50. The minimum atomic E-state index is -0.789. The first-order valence-corrected chi connectivity index (χ1v) is 11.8. The van der Waals surface area contributed by atoms with Gasteiger partial charge in [0, 0.05) is 23.7 Å². The molecular formula is C25H29NO3S. The molecular weight excluding hydrogens is 394 g/mol. The molecule has 0 radical (unpaired) electrons. The third-order valence-electron chi connectivity index (χ3n) is 4.81. The molecule has 0 amide bonds. The molecule has 0 bridgehead atoms. The van der Waals surface area contributed by atoms with Gasteiger partial charge in [0.25, 0.3) is 0 Å². The second-order valence-corrected chi connectivity index (χ2v) is 9.08. The molecule has 5 heteroatoms. The fraction of sp³-hybridized carbons (Fsp3) is 0.320. The van der Waals surface area contributed by atoms with Crippen molar-refractivity contribution in [1.29, 1.82) is 0 Å². The molecule has 30 heavy (non-hydrogen) atoms. The Kier molecular flexibility index (Phi) is 7.77. The van der Waals surface area contributed by atoms with E-state index >= 15 is 0 Å². The number of aryl methyl sites for hydroxylation is 3. The zero-order valence-electron chi connectivity index (χ0n) is 18.1. The number of nitrogens with zero attached hydrogens (tertiary/aromatic N) is 1. The monoisotopic (exact) mass is 423 g/mol. The molecule has 0 aliphatic rings. The fourth-order valence-electron chi connectivity index (χ4n) is 3.43. The van der Waals surface area contributed by atoms with Crippen molar-refractivity contribution in [2.24, 2.45) is 0 Å². The Morgan fingerprint density at radius 3 is 2.50 bits per heavy atom. The molecule has 3 aromatic rings. The van der Waals surface area contributed by atoms with Gasteiger partial charge in [0.2, 0.25) is 5.88 Å². The van der Waals surface area contributed by atoms with E-state index in [1.807, 2.05) is 31.2 Å². The summed E-state index contributed by atoms with van der Waals surface area (Å²) in [6.45, 7) is 7.18. The van der Waals surface area contributed by atoms with E-state index in [2.05, 4.69) is 49.2 Å². The van der Waals surface area contributed by atoms with Crippen molar-refractivity contribution in [2.75, 3.05) is 18.6 Å². The lowest BCUT2D eigenvalue weighted by molar-refractivity contribution is 0.305. The van der Waals surface area contributed by atoms with Crippen LogP contribution in [-0.2, 0) is 17.8 Å². The zero-order chi connectivity index (χ0) is 21.5. The number of hydrogen-bond acceptors (Lipinski definition) is 4. The van der Waals surface area contributed by atoms with Crippen LogP contribution in [-0.4, -0.2) is 28.2 Å². The molecule has 0 fully saturated rings. The maximum Gasteiger partial charge on any atom is 0.213 e.